The van der Waals surface area contributed by atoms with Gasteiger partial charge >= 0.3 is 0 Å². The summed E-state index contributed by atoms with van der Waals surface area (Å²) in [4.78, 5) is 16.9. The quantitative estimate of drug-likeness (QED) is 0.392. The lowest BCUT2D eigenvalue weighted by Gasteiger charge is -2.19. The molecule has 1 aromatic heterocycles. The number of aromatic hydroxyl groups is 1. The van der Waals surface area contributed by atoms with E-state index in [1.165, 1.54) is 0 Å². The number of benzene rings is 3. The zero-order valence-electron chi connectivity index (χ0n) is 17.1. The molecule has 1 heterocycles. The summed E-state index contributed by atoms with van der Waals surface area (Å²) in [6.07, 6.45) is 5.26. The first-order valence-corrected chi connectivity index (χ1v) is 10.5. The minimum Gasteiger partial charge on any atom is -0.505 e. The fraction of sp³-hybridized carbons (Fsp3) is 0.0769. The maximum absolute atomic E-state index is 12.7. The Labute approximate surface area is 191 Å². The Kier molecular flexibility index (Phi) is 6.68. The number of para-hydroxylation sites is 1. The number of pyridine rings is 1. The normalized spacial score (nSPS) is 12.0. The van der Waals surface area contributed by atoms with Gasteiger partial charge in [0.25, 0.3) is 5.91 Å². The summed E-state index contributed by atoms with van der Waals surface area (Å²) in [5.74, 6) is 0.227. The van der Waals surface area contributed by atoms with Crippen molar-refractivity contribution in [3.8, 4) is 11.5 Å². The van der Waals surface area contributed by atoms with Crippen LogP contribution in [0.1, 0.15) is 17.2 Å². The van der Waals surface area contributed by atoms with Gasteiger partial charge in [0.15, 0.2) is 6.61 Å². The summed E-state index contributed by atoms with van der Waals surface area (Å²) in [6, 6.07) is 23.3. The van der Waals surface area contributed by atoms with Gasteiger partial charge in [0.2, 0.25) is 0 Å². The molecule has 0 fully saturated rings. The first kappa shape index (κ1) is 21.4. The molecule has 0 aliphatic heterocycles. The largest absolute Gasteiger partial charge is 0.505 e. The Morgan fingerprint density at radius 2 is 1.78 bits per heavy atom. The van der Waals surface area contributed by atoms with E-state index in [9.17, 15) is 9.90 Å². The molecule has 0 aliphatic rings. The number of amides is 1. The number of phenolic OH excluding ortho intramolecular Hbond substituents is 1. The minimum absolute atomic E-state index is 0.0306. The highest BCUT2D eigenvalue weighted by Gasteiger charge is 2.20. The molecule has 4 rings (SSSR count). The number of nitrogens with one attached hydrogen (secondary N) is 1. The number of aromatic nitrogens is 1. The van der Waals surface area contributed by atoms with Crippen molar-refractivity contribution in [3.05, 3.63) is 107 Å². The van der Waals surface area contributed by atoms with Crippen LogP contribution in [0.25, 0.3) is 17.0 Å². The summed E-state index contributed by atoms with van der Waals surface area (Å²) in [5.41, 5.74) is 1.78. The first-order chi connectivity index (χ1) is 15.6. The number of halogens is 1. The molecule has 0 radical (unpaired) electrons. The van der Waals surface area contributed by atoms with E-state index in [2.05, 4.69) is 10.3 Å². The molecular formula is C26H21ClN2O3. The molecule has 4 aromatic rings. The van der Waals surface area contributed by atoms with Crippen LogP contribution < -0.4 is 10.1 Å². The highest BCUT2D eigenvalue weighted by molar-refractivity contribution is 6.35. The van der Waals surface area contributed by atoms with Crippen molar-refractivity contribution >= 4 is 34.5 Å². The Bertz CT molecular complexity index is 1240. The van der Waals surface area contributed by atoms with Gasteiger partial charge < -0.3 is 15.2 Å². The number of carbonyl (C=O) groups excluding carboxylic acids is 1. The third kappa shape index (κ3) is 5.07. The highest BCUT2D eigenvalue weighted by Crippen LogP contribution is 2.36. The summed E-state index contributed by atoms with van der Waals surface area (Å²) in [7, 11) is 0. The molecule has 0 saturated carbocycles. The molecule has 3 aromatic carbocycles. The zero-order chi connectivity index (χ0) is 22.3. The topological polar surface area (TPSA) is 71.5 Å². The Morgan fingerprint density at radius 1 is 1.06 bits per heavy atom. The van der Waals surface area contributed by atoms with E-state index in [-0.39, 0.29) is 18.3 Å². The van der Waals surface area contributed by atoms with Crippen molar-refractivity contribution in [1.82, 2.24) is 10.3 Å². The SMILES string of the molecule is O=C(COc1ccccc1)N[C@H](/C=C/c1ccccc1)c1cc(Cl)c2cccnc2c1O. The maximum Gasteiger partial charge on any atom is 0.258 e. The predicted molar refractivity (Wildman–Crippen MR) is 127 cm³/mol. The summed E-state index contributed by atoms with van der Waals surface area (Å²) in [5, 5.41) is 14.9. The lowest BCUT2D eigenvalue weighted by atomic mass is 10.0. The van der Waals surface area contributed by atoms with E-state index in [1.807, 2.05) is 54.6 Å². The van der Waals surface area contributed by atoms with Crippen LogP contribution in [0.2, 0.25) is 5.02 Å². The number of ether oxygens (including phenoxy) is 1. The van der Waals surface area contributed by atoms with Gasteiger partial charge in [0.1, 0.15) is 17.0 Å². The van der Waals surface area contributed by atoms with Gasteiger partial charge in [-0.1, -0.05) is 72.3 Å². The van der Waals surface area contributed by atoms with Gasteiger partial charge in [-0.15, -0.1) is 0 Å². The Hall–Kier alpha value is -3.83. The predicted octanol–water partition coefficient (Wildman–Crippen LogP) is 5.54. The van der Waals surface area contributed by atoms with Crippen molar-refractivity contribution in [3.63, 3.8) is 0 Å². The molecule has 0 spiro atoms. The van der Waals surface area contributed by atoms with Crippen molar-refractivity contribution < 1.29 is 14.6 Å². The number of carbonyl (C=O) groups is 1. The summed E-state index contributed by atoms with van der Waals surface area (Å²) < 4.78 is 5.55. The Morgan fingerprint density at radius 3 is 2.53 bits per heavy atom. The van der Waals surface area contributed by atoms with Crippen molar-refractivity contribution in [2.45, 2.75) is 6.04 Å². The van der Waals surface area contributed by atoms with E-state index < -0.39 is 6.04 Å². The summed E-state index contributed by atoms with van der Waals surface area (Å²) in [6.45, 7) is -0.167. The van der Waals surface area contributed by atoms with E-state index in [4.69, 9.17) is 16.3 Å². The lowest BCUT2D eigenvalue weighted by molar-refractivity contribution is -0.123. The molecule has 5 nitrogen and oxygen atoms in total. The third-order valence-electron chi connectivity index (χ3n) is 4.89. The minimum atomic E-state index is -0.647. The van der Waals surface area contributed by atoms with E-state index >= 15 is 0 Å². The molecule has 1 atom stereocenters. The molecule has 0 unspecified atom stereocenters. The van der Waals surface area contributed by atoms with Gasteiger partial charge in [-0.05, 0) is 35.9 Å². The molecule has 0 bridgehead atoms. The van der Waals surface area contributed by atoms with Crippen LogP contribution in [0.4, 0.5) is 0 Å². The average Bonchev–Trinajstić information content (AvgIpc) is 2.84. The molecule has 0 saturated heterocycles. The van der Waals surface area contributed by atoms with Crippen LogP contribution in [-0.2, 0) is 4.79 Å². The van der Waals surface area contributed by atoms with Crippen LogP contribution in [-0.4, -0.2) is 22.6 Å². The first-order valence-electron chi connectivity index (χ1n) is 10.1. The second kappa shape index (κ2) is 9.98. The van der Waals surface area contributed by atoms with Crippen LogP contribution in [0.15, 0.2) is 91.1 Å². The van der Waals surface area contributed by atoms with Gasteiger partial charge in [0.05, 0.1) is 11.1 Å². The molecule has 160 valence electrons. The number of phenols is 1. The van der Waals surface area contributed by atoms with Crippen LogP contribution >= 0.6 is 11.6 Å². The van der Waals surface area contributed by atoms with Gasteiger partial charge in [0, 0.05) is 17.1 Å². The van der Waals surface area contributed by atoms with E-state index in [0.29, 0.717) is 27.2 Å². The van der Waals surface area contributed by atoms with Crippen molar-refractivity contribution in [2.24, 2.45) is 0 Å². The fourth-order valence-corrected chi connectivity index (χ4v) is 3.59. The smallest absolute Gasteiger partial charge is 0.258 e. The van der Waals surface area contributed by atoms with Gasteiger partial charge in [-0.2, -0.15) is 0 Å². The average molecular weight is 445 g/mol. The maximum atomic E-state index is 12.7. The van der Waals surface area contributed by atoms with Gasteiger partial charge in [-0.25, -0.2) is 0 Å². The number of rotatable bonds is 7. The van der Waals surface area contributed by atoms with Crippen molar-refractivity contribution in [2.75, 3.05) is 6.61 Å². The number of hydrogen-bond donors (Lipinski definition) is 2. The molecule has 1 amide bonds. The molecular weight excluding hydrogens is 424 g/mol. The van der Waals surface area contributed by atoms with Crippen LogP contribution in [0, 0.1) is 0 Å². The molecule has 6 heteroatoms. The number of hydrogen-bond acceptors (Lipinski definition) is 4. The van der Waals surface area contributed by atoms with Gasteiger partial charge in [-0.3, -0.25) is 9.78 Å². The van der Waals surface area contributed by atoms with E-state index in [1.54, 1.807) is 42.6 Å². The highest BCUT2D eigenvalue weighted by atomic mass is 35.5. The zero-order valence-corrected chi connectivity index (χ0v) is 17.9. The number of nitrogens with zero attached hydrogens (tertiary/aromatic N) is 1. The third-order valence-corrected chi connectivity index (χ3v) is 5.20. The van der Waals surface area contributed by atoms with Crippen molar-refractivity contribution in [1.29, 1.82) is 0 Å². The Balaban J connectivity index is 1.63. The lowest BCUT2D eigenvalue weighted by Crippen LogP contribution is -2.32. The standard InChI is InChI=1S/C26H21ClN2O3/c27-22-16-21(26(31)25-20(22)12-7-15-28-25)23(14-13-18-8-3-1-4-9-18)29-24(30)17-32-19-10-5-2-6-11-19/h1-16,23,31H,17H2,(H,29,30)/b14-13+/t23-/m1/s1. The molecule has 0 aliphatic carbocycles. The van der Waals surface area contributed by atoms with Crippen LogP contribution in [0.5, 0.6) is 11.5 Å². The fourth-order valence-electron chi connectivity index (χ4n) is 3.32. The molecule has 2 N–H and O–H groups in total. The number of fused-ring (bicyclic) bond motifs is 1. The second-order valence-corrected chi connectivity index (χ2v) is 7.52. The monoisotopic (exact) mass is 444 g/mol. The molecule has 32 heavy (non-hydrogen) atoms. The van der Waals surface area contributed by atoms with Crippen LogP contribution in [0.3, 0.4) is 0 Å². The second-order valence-electron chi connectivity index (χ2n) is 7.11. The summed E-state index contributed by atoms with van der Waals surface area (Å²) >= 11 is 6.46. The van der Waals surface area contributed by atoms with E-state index in [0.717, 1.165) is 5.56 Å².